The molecule has 9 heteroatoms. The quantitative estimate of drug-likeness (QED) is 0.587. The van der Waals surface area contributed by atoms with Gasteiger partial charge in [-0.05, 0) is 37.8 Å². The monoisotopic (exact) mass is 455 g/mol. The molecule has 5 heterocycles. The molecule has 2 fully saturated rings. The largest absolute Gasteiger partial charge is 0.441 e. The van der Waals surface area contributed by atoms with Gasteiger partial charge in [0.25, 0.3) is 0 Å². The topological polar surface area (TPSA) is 84.2 Å². The molecule has 2 saturated heterocycles. The lowest BCUT2D eigenvalue weighted by atomic mass is 9.96. The van der Waals surface area contributed by atoms with Gasteiger partial charge in [-0.25, -0.2) is 13.8 Å². The number of amides is 1. The summed E-state index contributed by atoms with van der Waals surface area (Å²) in [5, 5.41) is 3.97. The van der Waals surface area contributed by atoms with E-state index < -0.39 is 19.4 Å². The van der Waals surface area contributed by atoms with Crippen LogP contribution in [0.25, 0.3) is 22.2 Å². The fourth-order valence-corrected chi connectivity index (χ4v) is 5.23. The third kappa shape index (κ3) is 4.46. The lowest BCUT2D eigenvalue weighted by Gasteiger charge is -2.40. The molecule has 2 aliphatic rings. The number of nitrogens with zero attached hydrogens (tertiary/aromatic N) is 4. The Morgan fingerprint density at radius 2 is 1.88 bits per heavy atom. The van der Waals surface area contributed by atoms with Crippen LogP contribution in [-0.4, -0.2) is 63.3 Å². The molecule has 5 rings (SSSR count). The molecule has 1 amide bonds. The highest BCUT2D eigenvalue weighted by Gasteiger charge is 2.43. The maximum atomic E-state index is 13.2. The van der Waals surface area contributed by atoms with Crippen LogP contribution in [0, 0.1) is 6.92 Å². The predicted octanol–water partition coefficient (Wildman–Crippen LogP) is 3.55. The van der Waals surface area contributed by atoms with Gasteiger partial charge in [-0.15, -0.1) is 0 Å². The van der Waals surface area contributed by atoms with Gasteiger partial charge < -0.3 is 14.6 Å². The molecule has 1 N–H and O–H groups in total. The molecule has 3 aromatic rings. The molecule has 2 bridgehead atoms. The number of nitrogens with one attached hydrogen (secondary N) is 1. The number of halogens is 2. The average Bonchev–Trinajstić information content (AvgIpc) is 3.37. The second-order valence-corrected chi connectivity index (χ2v) is 9.04. The molecule has 0 saturated carbocycles. The molecular weight excluding hydrogens is 428 g/mol. The van der Waals surface area contributed by atoms with Gasteiger partial charge in [0.05, 0.1) is 36.1 Å². The van der Waals surface area contributed by atoms with Crippen LogP contribution < -0.4 is 5.32 Å². The fourth-order valence-electron chi connectivity index (χ4n) is 5.23. The predicted molar refractivity (Wildman–Crippen MR) is 119 cm³/mol. The van der Waals surface area contributed by atoms with Gasteiger partial charge in [0.2, 0.25) is 5.91 Å². The highest BCUT2D eigenvalue weighted by atomic mass is 19.1. The van der Waals surface area contributed by atoms with Crippen LogP contribution in [0.1, 0.15) is 37.3 Å². The number of piperidine rings is 1. The van der Waals surface area contributed by atoms with Crippen LogP contribution in [0.4, 0.5) is 8.78 Å². The number of aromatic nitrogens is 3. The van der Waals surface area contributed by atoms with E-state index in [2.05, 4.69) is 20.3 Å². The molecule has 2 aliphatic heterocycles. The van der Waals surface area contributed by atoms with Crippen LogP contribution in [0.3, 0.4) is 0 Å². The van der Waals surface area contributed by atoms with Crippen LogP contribution in [0.15, 0.2) is 35.1 Å². The molecule has 0 aliphatic carbocycles. The number of aryl methyl sites for hydroxylation is 1. The number of oxazole rings is 1. The second-order valence-electron chi connectivity index (χ2n) is 9.04. The Balaban J connectivity index is 1.29. The van der Waals surface area contributed by atoms with Crippen molar-refractivity contribution in [3.8, 4) is 11.3 Å². The average molecular weight is 456 g/mol. The van der Waals surface area contributed by atoms with Crippen molar-refractivity contribution in [2.75, 3.05) is 13.3 Å². The summed E-state index contributed by atoms with van der Waals surface area (Å²) in [6.45, 7) is 0.356. The normalized spacial score (nSPS) is 22.4. The molecule has 33 heavy (non-hydrogen) atoms. The van der Waals surface area contributed by atoms with Gasteiger partial charge in [0.1, 0.15) is 13.3 Å². The molecular formula is C24H27F2N5O2. The molecule has 1 unspecified atom stereocenters. The summed E-state index contributed by atoms with van der Waals surface area (Å²) < 4.78 is 31.4. The minimum Gasteiger partial charge on any atom is -0.441 e. The minimum atomic E-state index is -0.752. The minimum absolute atomic E-state index is 0.0473. The number of rotatable bonds is 7. The number of pyridine rings is 2. The van der Waals surface area contributed by atoms with Crippen molar-refractivity contribution in [3.05, 3.63) is 42.3 Å². The first kappa shape index (κ1) is 21.9. The van der Waals surface area contributed by atoms with Crippen molar-refractivity contribution in [1.82, 2.24) is 25.2 Å². The molecule has 0 aromatic carbocycles. The zero-order valence-corrected chi connectivity index (χ0v) is 18.5. The first-order valence-corrected chi connectivity index (χ1v) is 11.4. The summed E-state index contributed by atoms with van der Waals surface area (Å²) in [4.78, 5) is 28.2. The van der Waals surface area contributed by atoms with Gasteiger partial charge in [0.15, 0.2) is 11.7 Å². The van der Waals surface area contributed by atoms with Gasteiger partial charge >= 0.3 is 0 Å². The lowest BCUT2D eigenvalue weighted by Crippen LogP contribution is -2.54. The number of alkyl halides is 2. The van der Waals surface area contributed by atoms with E-state index in [1.54, 1.807) is 25.5 Å². The number of carbonyl (C=O) groups is 1. The van der Waals surface area contributed by atoms with E-state index in [4.69, 9.17) is 4.42 Å². The van der Waals surface area contributed by atoms with Crippen molar-refractivity contribution < 1.29 is 18.0 Å². The highest BCUT2D eigenvalue weighted by Crippen LogP contribution is 2.36. The van der Waals surface area contributed by atoms with Crippen LogP contribution >= 0.6 is 0 Å². The molecule has 174 valence electrons. The summed E-state index contributed by atoms with van der Waals surface area (Å²) in [7, 11) is 0. The first-order chi connectivity index (χ1) is 16.0. The zero-order valence-electron chi connectivity index (χ0n) is 18.5. The van der Waals surface area contributed by atoms with Crippen molar-refractivity contribution >= 4 is 16.8 Å². The number of hydrogen-bond acceptors (Lipinski definition) is 6. The third-order valence-electron chi connectivity index (χ3n) is 6.73. The fraction of sp³-hybridized carbons (Fsp3) is 0.500. The molecule has 3 aromatic heterocycles. The Morgan fingerprint density at radius 3 is 2.55 bits per heavy atom. The number of hydrogen-bond donors (Lipinski definition) is 1. The summed E-state index contributed by atoms with van der Waals surface area (Å²) in [5.74, 6) is 1.28. The van der Waals surface area contributed by atoms with Crippen LogP contribution in [0.5, 0.6) is 0 Å². The molecule has 0 spiro atoms. The standard InChI is InChI=1S/C24H27F2N5O2/c1-14-27-13-23(33-14)16-4-15-5-17(28-12-22(15)29-11-16)8-24(32)31-20-2-3-21(31)7-18(6-20)30-19(9-25)10-26/h4-5,11-13,18-21,30H,2-3,6-10H2,1H3/t18?,20-,21+. The maximum Gasteiger partial charge on any atom is 0.229 e. The summed E-state index contributed by atoms with van der Waals surface area (Å²) in [6, 6.07) is 3.37. The summed E-state index contributed by atoms with van der Waals surface area (Å²) in [5.41, 5.74) is 2.25. The second kappa shape index (κ2) is 9.13. The lowest BCUT2D eigenvalue weighted by molar-refractivity contribution is -0.135. The van der Waals surface area contributed by atoms with Gasteiger partial charge in [-0.3, -0.25) is 14.8 Å². The highest BCUT2D eigenvalue weighted by molar-refractivity contribution is 5.84. The Morgan fingerprint density at radius 1 is 1.12 bits per heavy atom. The van der Waals surface area contributed by atoms with E-state index in [1.807, 2.05) is 17.0 Å². The molecule has 3 atom stereocenters. The van der Waals surface area contributed by atoms with E-state index in [-0.39, 0.29) is 30.5 Å². The van der Waals surface area contributed by atoms with Crippen LogP contribution in [-0.2, 0) is 11.2 Å². The number of carbonyl (C=O) groups excluding carboxylic acids is 1. The van der Waals surface area contributed by atoms with Crippen molar-refractivity contribution in [3.63, 3.8) is 0 Å². The van der Waals surface area contributed by atoms with Crippen LogP contribution in [0.2, 0.25) is 0 Å². The summed E-state index contributed by atoms with van der Waals surface area (Å²) in [6.07, 6.45) is 8.61. The van der Waals surface area contributed by atoms with Gasteiger partial charge in [0, 0.05) is 42.2 Å². The van der Waals surface area contributed by atoms with Gasteiger partial charge in [-0.1, -0.05) is 0 Å². The SMILES string of the molecule is Cc1ncc(-c2cnc3cnc(CC(=O)N4[C@@H]5CC[C@H]4CC(NC(CF)CF)C5)cc3c2)o1. The third-order valence-corrected chi connectivity index (χ3v) is 6.73. The Labute approximate surface area is 190 Å². The van der Waals surface area contributed by atoms with E-state index in [0.717, 1.165) is 42.1 Å². The summed E-state index contributed by atoms with van der Waals surface area (Å²) >= 11 is 0. The first-order valence-electron chi connectivity index (χ1n) is 11.4. The molecule has 7 nitrogen and oxygen atoms in total. The van der Waals surface area contributed by atoms with Crippen molar-refractivity contribution in [2.45, 2.75) is 63.2 Å². The smallest absolute Gasteiger partial charge is 0.229 e. The zero-order chi connectivity index (χ0) is 22.9. The number of fused-ring (bicyclic) bond motifs is 3. The maximum absolute atomic E-state index is 13.2. The molecule has 0 radical (unpaired) electrons. The Hall–Kier alpha value is -2.94. The van der Waals surface area contributed by atoms with E-state index in [9.17, 15) is 13.6 Å². The van der Waals surface area contributed by atoms with Gasteiger partial charge in [-0.2, -0.15) is 0 Å². The van der Waals surface area contributed by atoms with E-state index in [1.165, 1.54) is 0 Å². The van der Waals surface area contributed by atoms with Crippen molar-refractivity contribution in [1.29, 1.82) is 0 Å². The van der Waals surface area contributed by atoms with E-state index >= 15 is 0 Å². The Bertz CT molecular complexity index is 1130. The van der Waals surface area contributed by atoms with E-state index in [0.29, 0.717) is 17.3 Å². The van der Waals surface area contributed by atoms with Crippen molar-refractivity contribution in [2.24, 2.45) is 0 Å². The Kier molecular flexibility index (Phi) is 6.05.